The van der Waals surface area contributed by atoms with Gasteiger partial charge in [0.15, 0.2) is 0 Å². The Balaban J connectivity index is 1.58. The molecule has 0 saturated carbocycles. The zero-order chi connectivity index (χ0) is 19.9. The maximum atomic E-state index is 12.0. The smallest absolute Gasteiger partial charge is 0.271 e. The lowest BCUT2D eigenvalue weighted by molar-refractivity contribution is 0.0955. The molecular formula is C21H15Cl3N2O2. The van der Waals surface area contributed by atoms with E-state index in [9.17, 15) is 4.79 Å². The van der Waals surface area contributed by atoms with Gasteiger partial charge < -0.3 is 4.74 Å². The van der Waals surface area contributed by atoms with E-state index in [1.54, 1.807) is 36.4 Å². The van der Waals surface area contributed by atoms with Crippen molar-refractivity contribution in [3.63, 3.8) is 0 Å². The Bertz CT molecular complexity index is 1000. The number of nitrogens with one attached hydrogen (secondary N) is 1. The molecule has 1 amide bonds. The second kappa shape index (κ2) is 9.60. The van der Waals surface area contributed by atoms with Crippen LogP contribution in [0.25, 0.3) is 0 Å². The lowest BCUT2D eigenvalue weighted by Gasteiger charge is -2.08. The summed E-state index contributed by atoms with van der Waals surface area (Å²) in [6.45, 7) is 0.309. The highest BCUT2D eigenvalue weighted by Crippen LogP contribution is 2.23. The highest BCUT2D eigenvalue weighted by Gasteiger charge is 2.04. The molecule has 7 heteroatoms. The first-order valence-electron chi connectivity index (χ1n) is 8.27. The van der Waals surface area contributed by atoms with Gasteiger partial charge in [-0.05, 0) is 54.1 Å². The molecule has 4 nitrogen and oxygen atoms in total. The molecule has 0 heterocycles. The third-order valence-corrected chi connectivity index (χ3v) is 4.59. The molecule has 0 bridgehead atoms. The van der Waals surface area contributed by atoms with Crippen molar-refractivity contribution in [1.29, 1.82) is 0 Å². The molecule has 28 heavy (non-hydrogen) atoms. The van der Waals surface area contributed by atoms with E-state index in [0.717, 1.165) is 11.1 Å². The van der Waals surface area contributed by atoms with Crippen LogP contribution in [0.2, 0.25) is 15.1 Å². The van der Waals surface area contributed by atoms with Gasteiger partial charge in [-0.25, -0.2) is 5.43 Å². The second-order valence-electron chi connectivity index (χ2n) is 5.80. The van der Waals surface area contributed by atoms with E-state index in [0.29, 0.717) is 33.0 Å². The Morgan fingerprint density at radius 3 is 2.46 bits per heavy atom. The number of ether oxygens (including phenoxy) is 1. The van der Waals surface area contributed by atoms with Crippen molar-refractivity contribution in [3.05, 3.63) is 98.5 Å². The third kappa shape index (κ3) is 5.73. The van der Waals surface area contributed by atoms with Crippen molar-refractivity contribution >= 4 is 46.9 Å². The van der Waals surface area contributed by atoms with Gasteiger partial charge in [0.05, 0.1) is 6.21 Å². The van der Waals surface area contributed by atoms with Crippen molar-refractivity contribution in [2.24, 2.45) is 5.10 Å². The molecule has 0 aliphatic rings. The SMILES string of the molecule is O=C(N/N=C\c1cccc(OCc2ccc(Cl)cc2Cl)c1)c1ccc(Cl)cc1. The van der Waals surface area contributed by atoms with Crippen LogP contribution in [-0.4, -0.2) is 12.1 Å². The lowest BCUT2D eigenvalue weighted by atomic mass is 10.2. The van der Waals surface area contributed by atoms with Crippen LogP contribution in [0.1, 0.15) is 21.5 Å². The van der Waals surface area contributed by atoms with Crippen molar-refractivity contribution < 1.29 is 9.53 Å². The number of carbonyl (C=O) groups is 1. The summed E-state index contributed by atoms with van der Waals surface area (Å²) in [4.78, 5) is 12.0. The first-order valence-corrected chi connectivity index (χ1v) is 9.40. The fraction of sp³-hybridized carbons (Fsp3) is 0.0476. The van der Waals surface area contributed by atoms with Gasteiger partial charge in [-0.1, -0.05) is 53.0 Å². The average molecular weight is 434 g/mol. The Morgan fingerprint density at radius 1 is 0.964 bits per heavy atom. The Morgan fingerprint density at radius 2 is 1.71 bits per heavy atom. The fourth-order valence-electron chi connectivity index (χ4n) is 2.32. The normalized spacial score (nSPS) is 10.8. The van der Waals surface area contributed by atoms with Gasteiger partial charge in [0, 0.05) is 26.2 Å². The number of nitrogens with zero attached hydrogens (tertiary/aromatic N) is 1. The van der Waals surface area contributed by atoms with Crippen LogP contribution in [-0.2, 0) is 6.61 Å². The van der Waals surface area contributed by atoms with Crippen molar-refractivity contribution in [2.45, 2.75) is 6.61 Å². The minimum absolute atomic E-state index is 0.309. The number of benzene rings is 3. The number of amides is 1. The van der Waals surface area contributed by atoms with Gasteiger partial charge in [0.1, 0.15) is 12.4 Å². The number of hydrogen-bond acceptors (Lipinski definition) is 3. The van der Waals surface area contributed by atoms with Crippen LogP contribution >= 0.6 is 34.8 Å². The molecule has 0 fully saturated rings. The van der Waals surface area contributed by atoms with E-state index in [1.807, 2.05) is 30.3 Å². The Kier molecular flexibility index (Phi) is 6.93. The van der Waals surface area contributed by atoms with E-state index >= 15 is 0 Å². The molecule has 0 saturated heterocycles. The van der Waals surface area contributed by atoms with Gasteiger partial charge in [-0.2, -0.15) is 5.10 Å². The summed E-state index contributed by atoms with van der Waals surface area (Å²) < 4.78 is 5.77. The summed E-state index contributed by atoms with van der Waals surface area (Å²) in [5, 5.41) is 5.67. The zero-order valence-electron chi connectivity index (χ0n) is 14.5. The maximum Gasteiger partial charge on any atom is 0.271 e. The van der Waals surface area contributed by atoms with Gasteiger partial charge in [0.25, 0.3) is 5.91 Å². The Hall–Kier alpha value is -2.53. The first kappa shape index (κ1) is 20.2. The highest BCUT2D eigenvalue weighted by atomic mass is 35.5. The van der Waals surface area contributed by atoms with E-state index in [1.165, 1.54) is 6.21 Å². The molecule has 3 rings (SSSR count). The molecule has 3 aromatic rings. The standard InChI is InChI=1S/C21H15Cl3N2O2/c22-17-7-4-15(5-8-17)21(27)26-25-12-14-2-1-3-19(10-14)28-13-16-6-9-18(23)11-20(16)24/h1-12H,13H2,(H,26,27)/b25-12-. The van der Waals surface area contributed by atoms with Crippen LogP contribution in [0, 0.1) is 0 Å². The summed E-state index contributed by atoms with van der Waals surface area (Å²) in [5.74, 6) is 0.330. The number of hydrogen-bond donors (Lipinski definition) is 1. The number of carbonyl (C=O) groups excluding carboxylic acids is 1. The lowest BCUT2D eigenvalue weighted by Crippen LogP contribution is -2.17. The molecule has 0 spiro atoms. The molecule has 3 aromatic carbocycles. The molecule has 0 aromatic heterocycles. The molecule has 0 unspecified atom stereocenters. The quantitative estimate of drug-likeness (QED) is 0.383. The maximum absolute atomic E-state index is 12.0. The summed E-state index contributed by atoms with van der Waals surface area (Å²) in [5.41, 5.74) is 4.55. The molecule has 142 valence electrons. The van der Waals surface area contributed by atoms with Crippen LogP contribution in [0.3, 0.4) is 0 Å². The predicted octanol–water partition coefficient (Wildman–Crippen LogP) is 5.99. The molecule has 1 N–H and O–H groups in total. The molecule has 0 radical (unpaired) electrons. The number of rotatable bonds is 6. The van der Waals surface area contributed by atoms with Gasteiger partial charge >= 0.3 is 0 Å². The van der Waals surface area contributed by atoms with E-state index in [4.69, 9.17) is 39.5 Å². The number of hydrazone groups is 1. The minimum Gasteiger partial charge on any atom is -0.489 e. The van der Waals surface area contributed by atoms with Crippen LogP contribution in [0.15, 0.2) is 71.8 Å². The zero-order valence-corrected chi connectivity index (χ0v) is 16.8. The minimum atomic E-state index is -0.322. The average Bonchev–Trinajstić information content (AvgIpc) is 2.68. The number of halogens is 3. The molecular weight excluding hydrogens is 419 g/mol. The Labute approximate surface area is 177 Å². The molecule has 0 atom stereocenters. The first-order chi connectivity index (χ1) is 13.5. The topological polar surface area (TPSA) is 50.7 Å². The molecule has 0 aliphatic heterocycles. The highest BCUT2D eigenvalue weighted by molar-refractivity contribution is 6.35. The van der Waals surface area contributed by atoms with Crippen LogP contribution in [0.5, 0.6) is 5.75 Å². The van der Waals surface area contributed by atoms with E-state index < -0.39 is 0 Å². The summed E-state index contributed by atoms with van der Waals surface area (Å²) >= 11 is 17.9. The monoisotopic (exact) mass is 432 g/mol. The summed E-state index contributed by atoms with van der Waals surface area (Å²) in [6.07, 6.45) is 1.54. The van der Waals surface area contributed by atoms with Gasteiger partial charge in [-0.3, -0.25) is 4.79 Å². The largest absolute Gasteiger partial charge is 0.489 e. The van der Waals surface area contributed by atoms with Crippen molar-refractivity contribution in [1.82, 2.24) is 5.43 Å². The van der Waals surface area contributed by atoms with Gasteiger partial charge in [0.2, 0.25) is 0 Å². The van der Waals surface area contributed by atoms with Crippen LogP contribution < -0.4 is 10.2 Å². The fourth-order valence-corrected chi connectivity index (χ4v) is 2.90. The van der Waals surface area contributed by atoms with E-state index in [-0.39, 0.29) is 5.91 Å². The predicted molar refractivity (Wildman–Crippen MR) is 114 cm³/mol. The third-order valence-electron chi connectivity index (χ3n) is 3.75. The second-order valence-corrected chi connectivity index (χ2v) is 7.08. The van der Waals surface area contributed by atoms with Gasteiger partial charge in [-0.15, -0.1) is 0 Å². The van der Waals surface area contributed by atoms with Crippen molar-refractivity contribution in [3.8, 4) is 5.75 Å². The van der Waals surface area contributed by atoms with E-state index in [2.05, 4.69) is 10.5 Å². The van der Waals surface area contributed by atoms with Crippen molar-refractivity contribution in [2.75, 3.05) is 0 Å². The summed E-state index contributed by atoms with van der Waals surface area (Å²) in [6, 6.07) is 19.1. The van der Waals surface area contributed by atoms with Crippen LogP contribution in [0.4, 0.5) is 0 Å². The molecule has 0 aliphatic carbocycles. The summed E-state index contributed by atoms with van der Waals surface area (Å²) in [7, 11) is 0.